The van der Waals surface area contributed by atoms with E-state index in [1.54, 1.807) is 12.1 Å². The van der Waals surface area contributed by atoms with Gasteiger partial charge in [0.05, 0.1) is 5.56 Å². The van der Waals surface area contributed by atoms with Crippen molar-refractivity contribution >= 4 is 29.4 Å². The molecular weight excluding hydrogens is 452 g/mol. The van der Waals surface area contributed by atoms with Crippen molar-refractivity contribution in [3.63, 3.8) is 0 Å². The first kappa shape index (κ1) is 25.8. The number of carboxylic acids is 1. The summed E-state index contributed by atoms with van der Waals surface area (Å²) in [6, 6.07) is 13.5. The van der Waals surface area contributed by atoms with Crippen LogP contribution in [-0.2, 0) is 4.79 Å². The molecule has 0 saturated carbocycles. The van der Waals surface area contributed by atoms with Gasteiger partial charge in [0, 0.05) is 36.1 Å². The lowest BCUT2D eigenvalue weighted by atomic mass is 9.70. The molecule has 2 aromatic rings. The van der Waals surface area contributed by atoms with Crippen molar-refractivity contribution in [3.8, 4) is 0 Å². The summed E-state index contributed by atoms with van der Waals surface area (Å²) in [6.07, 6.45) is 1.06. The minimum atomic E-state index is -1.09. The summed E-state index contributed by atoms with van der Waals surface area (Å²) in [7, 11) is 0. The summed E-state index contributed by atoms with van der Waals surface area (Å²) in [6.45, 7) is 9.59. The molecule has 0 bridgehead atoms. The van der Waals surface area contributed by atoms with E-state index in [9.17, 15) is 19.5 Å². The van der Waals surface area contributed by atoms with Gasteiger partial charge in [-0.3, -0.25) is 9.59 Å². The average molecular weight is 485 g/mol. The number of rotatable bonds is 7. The molecule has 6 nitrogen and oxygen atoms in total. The van der Waals surface area contributed by atoms with Crippen molar-refractivity contribution in [2.75, 3.05) is 13.1 Å². The van der Waals surface area contributed by atoms with Gasteiger partial charge < -0.3 is 15.3 Å². The van der Waals surface area contributed by atoms with Crippen LogP contribution >= 0.6 is 11.6 Å². The second-order valence-electron chi connectivity index (χ2n) is 10.1. The van der Waals surface area contributed by atoms with E-state index in [2.05, 4.69) is 31.3 Å². The minimum absolute atomic E-state index is 0.0147. The minimum Gasteiger partial charge on any atom is -0.478 e. The molecule has 0 spiro atoms. The molecule has 1 aliphatic rings. The first-order valence-corrected chi connectivity index (χ1v) is 12.0. The highest BCUT2D eigenvalue weighted by atomic mass is 35.5. The lowest BCUT2D eigenvalue weighted by molar-refractivity contribution is -0.135. The molecule has 1 heterocycles. The molecule has 2 amide bonds. The van der Waals surface area contributed by atoms with Gasteiger partial charge in [-0.15, -0.1) is 0 Å². The van der Waals surface area contributed by atoms with Gasteiger partial charge >= 0.3 is 5.97 Å². The fourth-order valence-corrected chi connectivity index (χ4v) is 4.82. The van der Waals surface area contributed by atoms with E-state index in [4.69, 9.17) is 11.6 Å². The molecule has 3 rings (SSSR count). The zero-order chi connectivity index (χ0) is 25.0. The summed E-state index contributed by atoms with van der Waals surface area (Å²) in [5.74, 6) is -1.08. The number of carboxylic acid groups (broad SMARTS) is 1. The maximum absolute atomic E-state index is 13.2. The smallest absolute Gasteiger partial charge is 0.335 e. The van der Waals surface area contributed by atoms with E-state index in [0.717, 1.165) is 6.42 Å². The van der Waals surface area contributed by atoms with E-state index in [0.29, 0.717) is 24.0 Å². The summed E-state index contributed by atoms with van der Waals surface area (Å²) in [4.78, 5) is 39.1. The third-order valence-electron chi connectivity index (χ3n) is 6.74. The van der Waals surface area contributed by atoms with Gasteiger partial charge in [-0.05, 0) is 59.6 Å². The maximum Gasteiger partial charge on any atom is 0.335 e. The molecule has 1 fully saturated rings. The number of halogens is 1. The highest BCUT2D eigenvalue weighted by molar-refractivity contribution is 6.30. The fourth-order valence-electron chi connectivity index (χ4n) is 4.70. The zero-order valence-electron chi connectivity index (χ0n) is 20.2. The number of nitrogens with zero attached hydrogens (tertiary/aromatic N) is 1. The standard InChI is InChI=1S/C27H33ClN2O4/c1-17(2)23(29-25(32)19-6-5-7-20(14-19)26(33)34)15-24(31)30-13-12-22(27(3,4)16-30)18-8-10-21(28)11-9-18/h5-11,14,17,22-23H,12-13,15-16H2,1-4H3,(H,29,32)(H,33,34). The largest absolute Gasteiger partial charge is 0.478 e. The van der Waals surface area contributed by atoms with Crippen LogP contribution in [-0.4, -0.2) is 46.9 Å². The lowest BCUT2D eigenvalue weighted by Gasteiger charge is -2.45. The molecule has 2 N–H and O–H groups in total. The number of hydrogen-bond acceptors (Lipinski definition) is 3. The topological polar surface area (TPSA) is 86.7 Å². The number of amides is 2. The molecule has 34 heavy (non-hydrogen) atoms. The molecule has 0 aromatic heterocycles. The number of piperidine rings is 1. The quantitative estimate of drug-likeness (QED) is 0.563. The van der Waals surface area contributed by atoms with Crippen LogP contribution in [0.4, 0.5) is 0 Å². The van der Waals surface area contributed by atoms with Crippen molar-refractivity contribution in [1.82, 2.24) is 10.2 Å². The number of nitrogens with one attached hydrogen (secondary N) is 1. The third kappa shape index (κ3) is 6.17. The van der Waals surface area contributed by atoms with Crippen LogP contribution in [0.1, 0.15) is 72.7 Å². The second kappa shape index (κ2) is 10.6. The van der Waals surface area contributed by atoms with Crippen molar-refractivity contribution in [2.45, 2.75) is 52.5 Å². The Kier molecular flexibility index (Phi) is 8.03. The third-order valence-corrected chi connectivity index (χ3v) is 6.99. The second-order valence-corrected chi connectivity index (χ2v) is 10.5. The van der Waals surface area contributed by atoms with E-state index in [-0.39, 0.29) is 46.7 Å². The van der Waals surface area contributed by atoms with Crippen molar-refractivity contribution < 1.29 is 19.5 Å². The molecule has 1 saturated heterocycles. The first-order chi connectivity index (χ1) is 16.0. The van der Waals surface area contributed by atoms with Crippen LogP contribution < -0.4 is 5.32 Å². The molecule has 182 valence electrons. The number of carbonyl (C=O) groups is 3. The Labute approximate surface area is 206 Å². The van der Waals surface area contributed by atoms with Gasteiger partial charge in [0.1, 0.15) is 0 Å². The van der Waals surface area contributed by atoms with Gasteiger partial charge in [-0.2, -0.15) is 0 Å². The number of benzene rings is 2. The van der Waals surface area contributed by atoms with Crippen molar-refractivity contribution in [3.05, 3.63) is 70.2 Å². The summed E-state index contributed by atoms with van der Waals surface area (Å²) in [5, 5.41) is 12.8. The van der Waals surface area contributed by atoms with Crippen LogP contribution in [0.15, 0.2) is 48.5 Å². The van der Waals surface area contributed by atoms with Crippen molar-refractivity contribution in [1.29, 1.82) is 0 Å². The van der Waals surface area contributed by atoms with Gasteiger partial charge in [-0.25, -0.2) is 4.79 Å². The Morgan fingerprint density at radius 1 is 1.12 bits per heavy atom. The van der Waals surface area contributed by atoms with Crippen LogP contribution in [0.5, 0.6) is 0 Å². The predicted molar refractivity (Wildman–Crippen MR) is 133 cm³/mol. The Morgan fingerprint density at radius 2 is 1.76 bits per heavy atom. The molecule has 0 aliphatic carbocycles. The van der Waals surface area contributed by atoms with Crippen LogP contribution in [0.25, 0.3) is 0 Å². The van der Waals surface area contributed by atoms with E-state index in [1.807, 2.05) is 30.9 Å². The lowest BCUT2D eigenvalue weighted by Crippen LogP contribution is -2.50. The Balaban J connectivity index is 1.65. The monoisotopic (exact) mass is 484 g/mol. The van der Waals surface area contributed by atoms with E-state index < -0.39 is 5.97 Å². The fraction of sp³-hybridized carbons (Fsp3) is 0.444. The molecular formula is C27H33ClN2O4. The SMILES string of the molecule is CC(C)C(CC(=O)N1CCC(c2ccc(Cl)cc2)C(C)(C)C1)NC(=O)c1cccc(C(=O)O)c1. The van der Waals surface area contributed by atoms with Gasteiger partial charge in [-0.1, -0.05) is 57.5 Å². The van der Waals surface area contributed by atoms with Crippen LogP contribution in [0, 0.1) is 11.3 Å². The molecule has 2 atom stereocenters. The Bertz CT molecular complexity index is 1050. The van der Waals surface area contributed by atoms with E-state index in [1.165, 1.54) is 17.7 Å². The van der Waals surface area contributed by atoms with Crippen LogP contribution in [0.2, 0.25) is 5.02 Å². The van der Waals surface area contributed by atoms with Gasteiger partial charge in [0.2, 0.25) is 5.91 Å². The average Bonchev–Trinajstić information content (AvgIpc) is 2.78. The summed E-state index contributed by atoms with van der Waals surface area (Å²) >= 11 is 6.05. The molecule has 7 heteroatoms. The number of likely N-dealkylation sites (tertiary alicyclic amines) is 1. The normalized spacial score (nSPS) is 18.4. The number of carbonyl (C=O) groups excluding carboxylic acids is 2. The number of hydrogen-bond donors (Lipinski definition) is 2. The zero-order valence-corrected chi connectivity index (χ0v) is 20.9. The predicted octanol–water partition coefficient (Wildman–Crippen LogP) is 5.23. The molecule has 2 unspecified atom stereocenters. The summed E-state index contributed by atoms with van der Waals surface area (Å²) < 4.78 is 0. The molecule has 2 aromatic carbocycles. The number of aromatic carboxylic acids is 1. The first-order valence-electron chi connectivity index (χ1n) is 11.7. The van der Waals surface area contributed by atoms with Gasteiger partial charge in [0.25, 0.3) is 5.91 Å². The highest BCUT2D eigenvalue weighted by Crippen LogP contribution is 2.42. The molecule has 1 aliphatic heterocycles. The highest BCUT2D eigenvalue weighted by Gasteiger charge is 2.38. The maximum atomic E-state index is 13.2. The van der Waals surface area contributed by atoms with Crippen LogP contribution in [0.3, 0.4) is 0 Å². The Morgan fingerprint density at radius 3 is 2.35 bits per heavy atom. The summed E-state index contributed by atoms with van der Waals surface area (Å²) in [5.41, 5.74) is 1.45. The van der Waals surface area contributed by atoms with Crippen molar-refractivity contribution in [2.24, 2.45) is 11.3 Å². The Hall–Kier alpha value is -2.86. The van der Waals surface area contributed by atoms with E-state index >= 15 is 0 Å². The van der Waals surface area contributed by atoms with Gasteiger partial charge in [0.15, 0.2) is 0 Å². The molecule has 0 radical (unpaired) electrons.